The smallest absolute Gasteiger partial charge is 0.323 e. The lowest BCUT2D eigenvalue weighted by Crippen LogP contribution is -2.43. The Labute approximate surface area is 120 Å². The molecule has 0 saturated heterocycles. The van der Waals surface area contributed by atoms with Crippen molar-refractivity contribution in [1.29, 1.82) is 0 Å². The van der Waals surface area contributed by atoms with E-state index in [1.54, 1.807) is 0 Å². The molecular formula is C14H15FN2O4. The van der Waals surface area contributed by atoms with Crippen molar-refractivity contribution in [3.63, 3.8) is 0 Å². The molecule has 0 heterocycles. The predicted molar refractivity (Wildman–Crippen MR) is 71.1 cm³/mol. The molecule has 1 aliphatic carbocycles. The number of carbonyl (C=O) groups is 3. The summed E-state index contributed by atoms with van der Waals surface area (Å²) < 4.78 is 13.4. The first-order chi connectivity index (χ1) is 9.99. The lowest BCUT2D eigenvalue weighted by molar-refractivity contribution is -0.144. The van der Waals surface area contributed by atoms with Crippen molar-refractivity contribution in [3.8, 4) is 0 Å². The molecule has 0 aliphatic heterocycles. The highest BCUT2D eigenvalue weighted by Gasteiger charge is 2.33. The first-order valence-electron chi connectivity index (χ1n) is 6.53. The van der Waals surface area contributed by atoms with E-state index in [4.69, 9.17) is 5.11 Å². The van der Waals surface area contributed by atoms with Crippen LogP contribution in [0.4, 0.5) is 4.39 Å². The van der Waals surface area contributed by atoms with Crippen molar-refractivity contribution in [1.82, 2.24) is 10.2 Å². The Morgan fingerprint density at radius 3 is 2.52 bits per heavy atom. The van der Waals surface area contributed by atoms with Crippen LogP contribution in [0.1, 0.15) is 23.2 Å². The molecule has 1 aliphatic rings. The van der Waals surface area contributed by atoms with Gasteiger partial charge in [-0.1, -0.05) is 12.1 Å². The average Bonchev–Trinajstić information content (AvgIpc) is 3.26. The van der Waals surface area contributed by atoms with Gasteiger partial charge in [-0.25, -0.2) is 4.39 Å². The maximum atomic E-state index is 13.4. The van der Waals surface area contributed by atoms with Gasteiger partial charge in [0.15, 0.2) is 0 Å². The van der Waals surface area contributed by atoms with Crippen LogP contribution in [0.2, 0.25) is 0 Å². The molecule has 2 rings (SSSR count). The van der Waals surface area contributed by atoms with E-state index in [0.717, 1.165) is 18.9 Å². The minimum Gasteiger partial charge on any atom is -0.480 e. The minimum absolute atomic E-state index is 0.0704. The van der Waals surface area contributed by atoms with Crippen LogP contribution >= 0.6 is 0 Å². The third kappa shape index (κ3) is 4.01. The van der Waals surface area contributed by atoms with E-state index in [2.05, 4.69) is 5.32 Å². The van der Waals surface area contributed by atoms with Crippen LogP contribution in [-0.2, 0) is 9.59 Å². The minimum atomic E-state index is -1.10. The Balaban J connectivity index is 1.92. The number of nitrogens with zero attached hydrogens (tertiary/aromatic N) is 1. The summed E-state index contributed by atoms with van der Waals surface area (Å²) in [6.45, 7) is -0.740. The normalized spacial score (nSPS) is 13.6. The Morgan fingerprint density at radius 1 is 1.29 bits per heavy atom. The van der Waals surface area contributed by atoms with Crippen molar-refractivity contribution in [3.05, 3.63) is 35.6 Å². The molecule has 6 nitrogen and oxygen atoms in total. The Kier molecular flexibility index (Phi) is 4.52. The monoisotopic (exact) mass is 294 g/mol. The van der Waals surface area contributed by atoms with E-state index >= 15 is 0 Å². The molecule has 2 N–H and O–H groups in total. The van der Waals surface area contributed by atoms with E-state index in [-0.39, 0.29) is 24.7 Å². The predicted octanol–water partition coefficient (Wildman–Crippen LogP) is 0.631. The second kappa shape index (κ2) is 6.34. The van der Waals surface area contributed by atoms with Gasteiger partial charge in [-0.15, -0.1) is 0 Å². The summed E-state index contributed by atoms with van der Waals surface area (Å²) in [5.74, 6) is -2.96. The largest absolute Gasteiger partial charge is 0.480 e. The number of benzene rings is 1. The standard InChI is InChI=1S/C14H15FN2O4/c15-11-4-2-1-3-10(11)14(21)16-7-12(18)17(8-13(19)20)9-5-6-9/h1-4,9H,5-8H2,(H,16,21)(H,19,20). The molecular weight excluding hydrogens is 279 g/mol. The van der Waals surface area contributed by atoms with Crippen molar-refractivity contribution >= 4 is 17.8 Å². The summed E-state index contributed by atoms with van der Waals surface area (Å²) >= 11 is 0. The van der Waals surface area contributed by atoms with Crippen molar-refractivity contribution < 1.29 is 23.9 Å². The number of rotatable bonds is 6. The molecule has 112 valence electrons. The van der Waals surface area contributed by atoms with Crippen molar-refractivity contribution in [2.45, 2.75) is 18.9 Å². The fourth-order valence-corrected chi connectivity index (χ4v) is 1.95. The Morgan fingerprint density at radius 2 is 1.95 bits per heavy atom. The molecule has 1 saturated carbocycles. The van der Waals surface area contributed by atoms with Gasteiger partial charge in [-0.2, -0.15) is 0 Å². The molecule has 1 fully saturated rings. The third-order valence-electron chi connectivity index (χ3n) is 3.13. The van der Waals surface area contributed by atoms with E-state index < -0.39 is 23.6 Å². The summed E-state index contributed by atoms with van der Waals surface area (Å²) in [5.41, 5.74) is -0.151. The first kappa shape index (κ1) is 15.0. The SMILES string of the molecule is O=C(O)CN(C(=O)CNC(=O)c1ccccc1F)C1CC1. The summed E-state index contributed by atoms with van der Waals surface area (Å²) in [6.07, 6.45) is 1.53. The topological polar surface area (TPSA) is 86.7 Å². The summed E-state index contributed by atoms with van der Waals surface area (Å²) in [5, 5.41) is 11.1. The molecule has 1 aromatic carbocycles. The van der Waals surface area contributed by atoms with Gasteiger partial charge < -0.3 is 15.3 Å². The molecule has 7 heteroatoms. The maximum absolute atomic E-state index is 13.4. The summed E-state index contributed by atoms with van der Waals surface area (Å²) in [4.78, 5) is 35.6. The number of amides is 2. The maximum Gasteiger partial charge on any atom is 0.323 e. The van der Waals surface area contributed by atoms with E-state index in [1.807, 2.05) is 0 Å². The Bertz CT molecular complexity index is 572. The molecule has 1 aromatic rings. The number of nitrogens with one attached hydrogen (secondary N) is 1. The van der Waals surface area contributed by atoms with Gasteiger partial charge in [-0.05, 0) is 25.0 Å². The molecule has 0 bridgehead atoms. The van der Waals surface area contributed by atoms with Crippen molar-refractivity contribution in [2.24, 2.45) is 0 Å². The molecule has 0 unspecified atom stereocenters. The zero-order valence-corrected chi connectivity index (χ0v) is 11.2. The zero-order valence-electron chi connectivity index (χ0n) is 11.2. The van der Waals surface area contributed by atoms with Crippen LogP contribution in [0.15, 0.2) is 24.3 Å². The fraction of sp³-hybridized carbons (Fsp3) is 0.357. The lowest BCUT2D eigenvalue weighted by atomic mass is 10.2. The van der Waals surface area contributed by atoms with Gasteiger partial charge in [0.05, 0.1) is 12.1 Å². The van der Waals surface area contributed by atoms with Gasteiger partial charge in [0.2, 0.25) is 5.91 Å². The van der Waals surface area contributed by atoms with E-state index in [0.29, 0.717) is 0 Å². The summed E-state index contributed by atoms with van der Waals surface area (Å²) in [7, 11) is 0. The molecule has 0 radical (unpaired) electrons. The third-order valence-corrected chi connectivity index (χ3v) is 3.13. The second-order valence-electron chi connectivity index (χ2n) is 4.81. The average molecular weight is 294 g/mol. The quantitative estimate of drug-likeness (QED) is 0.805. The zero-order chi connectivity index (χ0) is 15.4. The highest BCUT2D eigenvalue weighted by Crippen LogP contribution is 2.26. The fourth-order valence-electron chi connectivity index (χ4n) is 1.95. The number of carboxylic acids is 1. The number of hydrogen-bond donors (Lipinski definition) is 2. The highest BCUT2D eigenvalue weighted by atomic mass is 19.1. The highest BCUT2D eigenvalue weighted by molar-refractivity contribution is 5.97. The van der Waals surface area contributed by atoms with Gasteiger partial charge in [0.25, 0.3) is 5.91 Å². The molecule has 0 spiro atoms. The van der Waals surface area contributed by atoms with Gasteiger partial charge in [0.1, 0.15) is 12.4 Å². The Hall–Kier alpha value is -2.44. The van der Waals surface area contributed by atoms with Gasteiger partial charge in [0, 0.05) is 6.04 Å². The molecule has 21 heavy (non-hydrogen) atoms. The number of hydrogen-bond acceptors (Lipinski definition) is 3. The van der Waals surface area contributed by atoms with Gasteiger partial charge >= 0.3 is 5.97 Å². The van der Waals surface area contributed by atoms with Gasteiger partial charge in [-0.3, -0.25) is 14.4 Å². The number of carbonyl (C=O) groups excluding carboxylic acids is 2. The van der Waals surface area contributed by atoms with Crippen LogP contribution in [0.5, 0.6) is 0 Å². The first-order valence-corrected chi connectivity index (χ1v) is 6.53. The summed E-state index contributed by atoms with van der Waals surface area (Å²) in [6, 6.07) is 5.36. The van der Waals surface area contributed by atoms with E-state index in [9.17, 15) is 18.8 Å². The van der Waals surface area contributed by atoms with Crippen LogP contribution in [0.25, 0.3) is 0 Å². The second-order valence-corrected chi connectivity index (χ2v) is 4.81. The lowest BCUT2D eigenvalue weighted by Gasteiger charge is -2.20. The van der Waals surface area contributed by atoms with Crippen molar-refractivity contribution in [2.75, 3.05) is 13.1 Å². The molecule has 0 atom stereocenters. The number of halogens is 1. The molecule has 0 aromatic heterocycles. The number of aliphatic carboxylic acids is 1. The van der Waals surface area contributed by atoms with Crippen LogP contribution in [-0.4, -0.2) is 46.9 Å². The van der Waals surface area contributed by atoms with Crippen LogP contribution in [0.3, 0.4) is 0 Å². The van der Waals surface area contributed by atoms with Crippen LogP contribution in [0, 0.1) is 5.82 Å². The van der Waals surface area contributed by atoms with E-state index in [1.165, 1.54) is 23.1 Å². The van der Waals surface area contributed by atoms with Crippen LogP contribution < -0.4 is 5.32 Å². The molecule has 2 amide bonds. The number of carboxylic acid groups (broad SMARTS) is 1.